The predicted octanol–water partition coefficient (Wildman–Crippen LogP) is 4.02. The lowest BCUT2D eigenvalue weighted by atomic mass is 10.2. The van der Waals surface area contributed by atoms with Crippen molar-refractivity contribution in [3.63, 3.8) is 0 Å². The van der Waals surface area contributed by atoms with Crippen molar-refractivity contribution >= 4 is 54.9 Å². The number of thiocarbonyl (C=S) groups is 1. The van der Waals surface area contributed by atoms with Crippen molar-refractivity contribution in [2.24, 2.45) is 5.73 Å². The van der Waals surface area contributed by atoms with Gasteiger partial charge < -0.3 is 11.1 Å². The van der Waals surface area contributed by atoms with E-state index in [1.807, 2.05) is 0 Å². The summed E-state index contributed by atoms with van der Waals surface area (Å²) in [5, 5.41) is 1.81. The Morgan fingerprint density at radius 2 is 1.88 bits per heavy atom. The monoisotopic (exact) mass is 394 g/mol. The summed E-state index contributed by atoms with van der Waals surface area (Å²) in [4.78, 5) is 0. The number of benzene rings is 1. The fraction of sp³-hybridized carbons (Fsp3) is 0.125. The Morgan fingerprint density at radius 1 is 1.35 bits per heavy atom. The summed E-state index contributed by atoms with van der Waals surface area (Å²) < 4.78 is 50.6. The van der Waals surface area contributed by atoms with Crippen LogP contribution in [0.3, 0.4) is 0 Å². The van der Waals surface area contributed by atoms with Gasteiger partial charge in [-0.1, -0.05) is 15.9 Å². The first kappa shape index (κ1) is 14.7. The molecular weight excluding hydrogens is 392 g/mol. The molecule has 9 heteroatoms. The first-order chi connectivity index (χ1) is 7.64. The van der Waals surface area contributed by atoms with Gasteiger partial charge in [-0.05, 0) is 34.2 Å². The molecule has 3 N–H and O–H groups in total. The Labute approximate surface area is 116 Å². The summed E-state index contributed by atoms with van der Waals surface area (Å²) in [6.45, 7) is 0. The van der Waals surface area contributed by atoms with Crippen molar-refractivity contribution in [2.75, 3.05) is 5.32 Å². The van der Waals surface area contributed by atoms with Crippen LogP contribution in [-0.4, -0.2) is 5.11 Å². The minimum Gasteiger partial charge on any atom is -0.376 e. The average Bonchev–Trinajstić information content (AvgIpc) is 2.08. The van der Waals surface area contributed by atoms with Crippen molar-refractivity contribution < 1.29 is 17.6 Å². The number of halogens is 6. The fourth-order valence-corrected chi connectivity index (χ4v) is 2.81. The van der Waals surface area contributed by atoms with Crippen LogP contribution < -0.4 is 11.1 Å². The van der Waals surface area contributed by atoms with Gasteiger partial charge in [0.1, 0.15) is 5.82 Å². The number of anilines is 1. The van der Waals surface area contributed by atoms with Crippen molar-refractivity contribution in [3.05, 3.63) is 26.4 Å². The van der Waals surface area contributed by atoms with Crippen LogP contribution in [0.4, 0.5) is 23.2 Å². The maximum Gasteiger partial charge on any atom is 0.418 e. The Bertz CT molecular complexity index is 476. The van der Waals surface area contributed by atoms with Crippen LogP contribution in [-0.2, 0) is 6.18 Å². The van der Waals surface area contributed by atoms with E-state index < -0.39 is 32.2 Å². The number of hydrogen-bond donors (Lipinski definition) is 2. The minimum absolute atomic E-state index is 0.333. The molecule has 1 aromatic carbocycles. The lowest BCUT2D eigenvalue weighted by Crippen LogP contribution is -2.21. The van der Waals surface area contributed by atoms with E-state index in [0.29, 0.717) is 6.07 Å². The Balaban J connectivity index is 3.48. The predicted molar refractivity (Wildman–Crippen MR) is 67.2 cm³/mol. The van der Waals surface area contributed by atoms with Crippen molar-refractivity contribution in [3.8, 4) is 0 Å². The minimum atomic E-state index is -4.64. The molecular formula is C8H4Br2F4N2S. The van der Waals surface area contributed by atoms with Gasteiger partial charge in [-0.25, -0.2) is 4.39 Å². The molecule has 2 nitrogen and oxygen atoms in total. The maximum atomic E-state index is 13.4. The summed E-state index contributed by atoms with van der Waals surface area (Å²) in [5.74, 6) is -0.912. The van der Waals surface area contributed by atoms with Gasteiger partial charge in [0.15, 0.2) is 5.11 Å². The third-order valence-corrected chi connectivity index (χ3v) is 3.22. The van der Waals surface area contributed by atoms with E-state index >= 15 is 0 Å². The third-order valence-electron chi connectivity index (χ3n) is 1.70. The molecule has 0 amide bonds. The summed E-state index contributed by atoms with van der Waals surface area (Å²) in [6, 6.07) is 0.689. The van der Waals surface area contributed by atoms with Gasteiger partial charge in [0, 0.05) is 4.47 Å². The van der Waals surface area contributed by atoms with Crippen molar-refractivity contribution in [1.82, 2.24) is 0 Å². The summed E-state index contributed by atoms with van der Waals surface area (Å²) >= 11 is 9.78. The summed E-state index contributed by atoms with van der Waals surface area (Å²) in [7, 11) is 0. The molecule has 0 saturated carbocycles. The second-order valence-corrected chi connectivity index (χ2v) is 4.98. The van der Waals surface area contributed by atoms with Gasteiger partial charge in [-0.3, -0.25) is 0 Å². The molecule has 0 aliphatic rings. The van der Waals surface area contributed by atoms with Crippen LogP contribution in [0.1, 0.15) is 5.56 Å². The highest BCUT2D eigenvalue weighted by molar-refractivity contribution is 9.11. The lowest BCUT2D eigenvalue weighted by Gasteiger charge is -2.16. The van der Waals surface area contributed by atoms with E-state index in [-0.39, 0.29) is 5.11 Å². The van der Waals surface area contributed by atoms with Gasteiger partial charge in [-0.2, -0.15) is 13.2 Å². The van der Waals surface area contributed by atoms with E-state index in [1.165, 1.54) is 0 Å². The second-order valence-electron chi connectivity index (χ2n) is 2.89. The molecule has 1 rings (SSSR count). The molecule has 0 spiro atoms. The zero-order valence-electron chi connectivity index (χ0n) is 7.83. The number of hydrogen-bond acceptors (Lipinski definition) is 1. The topological polar surface area (TPSA) is 38.0 Å². The van der Waals surface area contributed by atoms with Gasteiger partial charge in [0.25, 0.3) is 0 Å². The van der Waals surface area contributed by atoms with Crippen LogP contribution >= 0.6 is 44.1 Å². The van der Waals surface area contributed by atoms with E-state index in [9.17, 15) is 17.6 Å². The third kappa shape index (κ3) is 3.29. The number of alkyl halides is 3. The number of nitrogens with one attached hydrogen (secondary N) is 1. The zero-order chi connectivity index (χ0) is 13.4. The van der Waals surface area contributed by atoms with E-state index in [0.717, 1.165) is 0 Å². The molecule has 0 fully saturated rings. The maximum absolute atomic E-state index is 13.4. The highest BCUT2D eigenvalue weighted by Gasteiger charge is 2.37. The van der Waals surface area contributed by atoms with Crippen LogP contribution in [0.15, 0.2) is 15.0 Å². The standard InChI is InChI=1S/C8H4Br2F4N2S/c9-2-1-3(11)6(16-7(15)17)5(10)4(2)8(12,13)14/h1H,(H3,15,16,17). The Kier molecular flexibility index (Phi) is 4.37. The molecule has 0 radical (unpaired) electrons. The van der Waals surface area contributed by atoms with E-state index in [1.54, 1.807) is 0 Å². The molecule has 1 aromatic rings. The first-order valence-corrected chi connectivity index (χ1v) is 5.95. The summed E-state index contributed by atoms with van der Waals surface area (Å²) in [6.07, 6.45) is -4.64. The number of rotatable bonds is 1. The molecule has 0 unspecified atom stereocenters. The normalized spacial score (nSPS) is 11.4. The molecule has 0 bridgehead atoms. The molecule has 0 aliphatic carbocycles. The van der Waals surface area contributed by atoms with Gasteiger partial charge in [0.05, 0.1) is 15.7 Å². The molecule has 0 aromatic heterocycles. The first-order valence-electron chi connectivity index (χ1n) is 3.95. The molecule has 0 heterocycles. The molecule has 0 atom stereocenters. The Morgan fingerprint density at radius 3 is 2.29 bits per heavy atom. The zero-order valence-corrected chi connectivity index (χ0v) is 11.8. The number of nitrogens with two attached hydrogens (primary N) is 1. The fourth-order valence-electron chi connectivity index (χ4n) is 1.09. The van der Waals surface area contributed by atoms with Gasteiger partial charge in [-0.15, -0.1) is 0 Å². The van der Waals surface area contributed by atoms with Crippen LogP contribution in [0.2, 0.25) is 0 Å². The lowest BCUT2D eigenvalue weighted by molar-refractivity contribution is -0.138. The SMILES string of the molecule is NC(=S)Nc1c(F)cc(Br)c(C(F)(F)F)c1Br. The van der Waals surface area contributed by atoms with Crippen LogP contribution in [0.5, 0.6) is 0 Å². The van der Waals surface area contributed by atoms with Crippen LogP contribution in [0.25, 0.3) is 0 Å². The van der Waals surface area contributed by atoms with E-state index in [4.69, 9.17) is 5.73 Å². The second kappa shape index (κ2) is 5.07. The summed E-state index contributed by atoms with van der Waals surface area (Å²) in [5.41, 5.74) is 3.60. The average molecular weight is 396 g/mol. The highest BCUT2D eigenvalue weighted by atomic mass is 79.9. The molecule has 0 aliphatic heterocycles. The molecule has 0 saturated heterocycles. The van der Waals surface area contributed by atoms with E-state index in [2.05, 4.69) is 49.4 Å². The largest absolute Gasteiger partial charge is 0.418 e. The van der Waals surface area contributed by atoms with Gasteiger partial charge in [0.2, 0.25) is 0 Å². The van der Waals surface area contributed by atoms with Crippen molar-refractivity contribution in [2.45, 2.75) is 6.18 Å². The quantitative estimate of drug-likeness (QED) is 0.557. The highest BCUT2D eigenvalue weighted by Crippen LogP contribution is 2.44. The molecule has 94 valence electrons. The smallest absolute Gasteiger partial charge is 0.376 e. The Hall–Kier alpha value is -0.410. The van der Waals surface area contributed by atoms with Gasteiger partial charge >= 0.3 is 6.18 Å². The van der Waals surface area contributed by atoms with Crippen LogP contribution in [0, 0.1) is 5.82 Å². The molecule has 17 heavy (non-hydrogen) atoms. The van der Waals surface area contributed by atoms with Crippen molar-refractivity contribution in [1.29, 1.82) is 0 Å².